The fourth-order valence-electron chi connectivity index (χ4n) is 2.88. The molecule has 0 bridgehead atoms. The number of nitrogens with one attached hydrogen (secondary N) is 1. The normalized spacial score (nSPS) is 17.6. The molecule has 1 saturated heterocycles. The van der Waals surface area contributed by atoms with E-state index in [9.17, 15) is 19.6 Å². The minimum atomic E-state index is -0.937. The lowest BCUT2D eigenvalue weighted by molar-refractivity contribution is -0.385. The summed E-state index contributed by atoms with van der Waals surface area (Å²) in [6, 6.07) is 1.84. The Morgan fingerprint density at radius 1 is 1.41 bits per heavy atom. The van der Waals surface area contributed by atoms with Crippen LogP contribution in [0.25, 0.3) is 0 Å². The quantitative estimate of drug-likeness (QED) is 0.645. The molecule has 1 aliphatic heterocycles. The molecule has 0 radical (unpaired) electrons. The van der Waals surface area contributed by atoms with Crippen LogP contribution in [0.4, 0.5) is 10.1 Å². The number of phenols is 1. The molecule has 1 fully saturated rings. The number of nitrogens with zero attached hydrogens (tertiary/aromatic N) is 2. The molecular formula is C15H22FN3O3. The molecule has 2 N–H and O–H groups in total. The Morgan fingerprint density at radius 2 is 2.05 bits per heavy atom. The van der Waals surface area contributed by atoms with Crippen LogP contribution in [0.3, 0.4) is 0 Å². The summed E-state index contributed by atoms with van der Waals surface area (Å²) in [6.45, 7) is 7.24. The van der Waals surface area contributed by atoms with Crippen molar-refractivity contribution in [1.29, 1.82) is 0 Å². The molecule has 0 saturated carbocycles. The molecule has 1 aliphatic rings. The van der Waals surface area contributed by atoms with Crippen molar-refractivity contribution in [3.05, 3.63) is 33.6 Å². The second-order valence-electron chi connectivity index (χ2n) is 6.05. The van der Waals surface area contributed by atoms with Crippen LogP contribution in [0.5, 0.6) is 5.75 Å². The molecule has 0 spiro atoms. The van der Waals surface area contributed by atoms with Crippen LogP contribution in [-0.4, -0.2) is 41.1 Å². The number of piperazine rings is 1. The van der Waals surface area contributed by atoms with Crippen LogP contribution in [0, 0.1) is 21.8 Å². The highest BCUT2D eigenvalue weighted by Gasteiger charge is 2.28. The third-order valence-electron chi connectivity index (χ3n) is 3.93. The first kappa shape index (κ1) is 16.6. The van der Waals surface area contributed by atoms with Gasteiger partial charge in [-0.25, -0.2) is 4.39 Å². The number of rotatable bonds is 5. The van der Waals surface area contributed by atoms with E-state index in [0.29, 0.717) is 17.9 Å². The Balaban J connectivity index is 2.43. The number of aromatic hydroxyl groups is 1. The largest absolute Gasteiger partial charge is 0.505 e. The van der Waals surface area contributed by atoms with E-state index in [-0.39, 0.29) is 11.7 Å². The summed E-state index contributed by atoms with van der Waals surface area (Å²) >= 11 is 0. The zero-order chi connectivity index (χ0) is 16.3. The minimum Gasteiger partial charge on any atom is -0.505 e. The van der Waals surface area contributed by atoms with E-state index in [2.05, 4.69) is 10.2 Å². The summed E-state index contributed by atoms with van der Waals surface area (Å²) < 4.78 is 13.9. The highest BCUT2D eigenvalue weighted by Crippen LogP contribution is 2.37. The van der Waals surface area contributed by atoms with Gasteiger partial charge in [0.15, 0.2) is 11.6 Å². The smallest absolute Gasteiger partial charge is 0.272 e. The van der Waals surface area contributed by atoms with E-state index in [1.807, 2.05) is 13.8 Å². The molecule has 7 heteroatoms. The van der Waals surface area contributed by atoms with Crippen molar-refractivity contribution in [3.8, 4) is 5.75 Å². The van der Waals surface area contributed by atoms with Gasteiger partial charge in [-0.05, 0) is 12.3 Å². The molecular weight excluding hydrogens is 289 g/mol. The van der Waals surface area contributed by atoms with Crippen LogP contribution in [0.1, 0.15) is 31.9 Å². The number of phenolic OH excluding ortho intramolecular Hbond substituents is 1. The highest BCUT2D eigenvalue weighted by molar-refractivity contribution is 5.46. The molecule has 0 aliphatic carbocycles. The molecule has 0 aromatic heterocycles. The van der Waals surface area contributed by atoms with Gasteiger partial charge in [0.25, 0.3) is 5.69 Å². The SMILES string of the molecule is CC(C)C[C@H](c1cc([N+](=O)[O-])cc(F)c1O)N1CCNCC1. The third kappa shape index (κ3) is 3.72. The zero-order valence-electron chi connectivity index (χ0n) is 12.9. The van der Waals surface area contributed by atoms with Gasteiger partial charge in [-0.3, -0.25) is 15.0 Å². The van der Waals surface area contributed by atoms with E-state index >= 15 is 0 Å². The summed E-state index contributed by atoms with van der Waals surface area (Å²) in [5.41, 5.74) is -0.0171. The van der Waals surface area contributed by atoms with Crippen molar-refractivity contribution in [3.63, 3.8) is 0 Å². The lowest BCUT2D eigenvalue weighted by Gasteiger charge is -2.36. The van der Waals surface area contributed by atoms with Crippen LogP contribution < -0.4 is 5.32 Å². The van der Waals surface area contributed by atoms with E-state index in [1.165, 1.54) is 6.07 Å². The summed E-state index contributed by atoms with van der Waals surface area (Å²) in [5, 5.41) is 24.3. The highest BCUT2D eigenvalue weighted by atomic mass is 19.1. The first-order valence-electron chi connectivity index (χ1n) is 7.51. The Labute approximate surface area is 129 Å². The second-order valence-corrected chi connectivity index (χ2v) is 6.05. The Bertz CT molecular complexity index is 545. The molecule has 1 heterocycles. The van der Waals surface area contributed by atoms with Gasteiger partial charge in [0, 0.05) is 43.9 Å². The van der Waals surface area contributed by atoms with Crippen LogP contribution in [-0.2, 0) is 0 Å². The topological polar surface area (TPSA) is 78.6 Å². The second kappa shape index (κ2) is 7.02. The maximum atomic E-state index is 13.9. The number of nitro groups is 1. The van der Waals surface area contributed by atoms with E-state index < -0.39 is 16.5 Å². The van der Waals surface area contributed by atoms with Gasteiger partial charge in [0.1, 0.15) is 0 Å². The maximum absolute atomic E-state index is 13.9. The van der Waals surface area contributed by atoms with Gasteiger partial charge in [-0.2, -0.15) is 0 Å². The van der Waals surface area contributed by atoms with Crippen LogP contribution >= 0.6 is 0 Å². The Morgan fingerprint density at radius 3 is 2.59 bits per heavy atom. The summed E-state index contributed by atoms with van der Waals surface area (Å²) in [4.78, 5) is 12.5. The molecule has 0 amide bonds. The molecule has 122 valence electrons. The number of nitro benzene ring substituents is 1. The Hall–Kier alpha value is -1.73. The van der Waals surface area contributed by atoms with E-state index in [4.69, 9.17) is 0 Å². The average Bonchev–Trinajstić information content (AvgIpc) is 2.48. The van der Waals surface area contributed by atoms with Gasteiger partial charge in [0.2, 0.25) is 0 Å². The Kier molecular flexibility index (Phi) is 5.31. The van der Waals surface area contributed by atoms with Crippen molar-refractivity contribution in [1.82, 2.24) is 10.2 Å². The first-order valence-corrected chi connectivity index (χ1v) is 7.51. The molecule has 1 aromatic rings. The number of hydrogen-bond acceptors (Lipinski definition) is 5. The van der Waals surface area contributed by atoms with Gasteiger partial charge in [0.05, 0.1) is 11.0 Å². The van der Waals surface area contributed by atoms with Crippen molar-refractivity contribution >= 4 is 5.69 Å². The third-order valence-corrected chi connectivity index (χ3v) is 3.93. The molecule has 2 rings (SSSR count). The summed E-state index contributed by atoms with van der Waals surface area (Å²) in [6.07, 6.45) is 0.703. The van der Waals surface area contributed by atoms with Crippen LogP contribution in [0.2, 0.25) is 0 Å². The zero-order valence-corrected chi connectivity index (χ0v) is 12.9. The van der Waals surface area contributed by atoms with Crippen molar-refractivity contribution in [2.45, 2.75) is 26.3 Å². The fourth-order valence-corrected chi connectivity index (χ4v) is 2.88. The number of hydrogen-bond donors (Lipinski definition) is 2. The average molecular weight is 311 g/mol. The lowest BCUT2D eigenvalue weighted by Crippen LogP contribution is -2.45. The molecule has 6 nitrogen and oxygen atoms in total. The monoisotopic (exact) mass is 311 g/mol. The number of benzene rings is 1. The number of non-ortho nitro benzene ring substituents is 1. The molecule has 1 aromatic carbocycles. The molecule has 0 unspecified atom stereocenters. The summed E-state index contributed by atoms with van der Waals surface area (Å²) in [5.74, 6) is -1.09. The fraction of sp³-hybridized carbons (Fsp3) is 0.600. The van der Waals surface area contributed by atoms with Gasteiger partial charge < -0.3 is 10.4 Å². The lowest BCUT2D eigenvalue weighted by atomic mass is 9.93. The number of halogens is 1. The van der Waals surface area contributed by atoms with Crippen molar-refractivity contribution in [2.75, 3.05) is 26.2 Å². The van der Waals surface area contributed by atoms with E-state index in [1.54, 1.807) is 0 Å². The maximum Gasteiger partial charge on any atom is 0.272 e. The predicted molar refractivity (Wildman–Crippen MR) is 81.4 cm³/mol. The van der Waals surface area contributed by atoms with Crippen molar-refractivity contribution in [2.24, 2.45) is 5.92 Å². The summed E-state index contributed by atoms with van der Waals surface area (Å²) in [7, 11) is 0. The van der Waals surface area contributed by atoms with Gasteiger partial charge in [-0.15, -0.1) is 0 Å². The standard InChI is InChI=1S/C15H22FN3O3/c1-10(2)7-14(18-5-3-17-4-6-18)12-8-11(19(21)22)9-13(16)15(12)20/h8-10,14,17,20H,3-7H2,1-2H3/t14-/m1/s1. The molecule has 1 atom stereocenters. The predicted octanol–water partition coefficient (Wildman–Crippen LogP) is 2.43. The first-order chi connectivity index (χ1) is 10.4. The van der Waals surface area contributed by atoms with Gasteiger partial charge >= 0.3 is 0 Å². The van der Waals surface area contributed by atoms with Crippen LogP contribution in [0.15, 0.2) is 12.1 Å². The van der Waals surface area contributed by atoms with E-state index in [0.717, 1.165) is 32.2 Å². The molecule has 22 heavy (non-hydrogen) atoms. The van der Waals surface area contributed by atoms with Crippen molar-refractivity contribution < 1.29 is 14.4 Å². The minimum absolute atomic E-state index is 0.225. The van der Waals surface area contributed by atoms with Gasteiger partial charge in [-0.1, -0.05) is 13.8 Å².